The van der Waals surface area contributed by atoms with Crippen LogP contribution < -0.4 is 15.4 Å². The molecule has 1 aromatic carbocycles. The number of para-hydroxylation sites is 1. The highest BCUT2D eigenvalue weighted by Gasteiger charge is 2.37. The number of halogens is 3. The Balaban J connectivity index is 1.65. The zero-order valence-electron chi connectivity index (χ0n) is 13.6. The van der Waals surface area contributed by atoms with Crippen LogP contribution in [-0.2, 0) is 19.8 Å². The van der Waals surface area contributed by atoms with Crippen molar-refractivity contribution >= 4 is 6.03 Å². The van der Waals surface area contributed by atoms with Crippen molar-refractivity contribution in [3.05, 3.63) is 47.3 Å². The van der Waals surface area contributed by atoms with Crippen LogP contribution in [0.3, 0.4) is 0 Å². The van der Waals surface area contributed by atoms with Gasteiger partial charge >= 0.3 is 12.2 Å². The first-order valence-electron chi connectivity index (χ1n) is 7.65. The maximum absolute atomic E-state index is 12.9. The van der Waals surface area contributed by atoms with Gasteiger partial charge in [-0.1, -0.05) is 18.2 Å². The van der Waals surface area contributed by atoms with E-state index in [9.17, 15) is 18.0 Å². The monoisotopic (exact) mass is 354 g/mol. The number of hydrogen-bond donors (Lipinski definition) is 2. The summed E-state index contributed by atoms with van der Waals surface area (Å²) in [6.45, 7) is 1.53. The van der Waals surface area contributed by atoms with E-state index in [0.717, 1.165) is 10.2 Å². The molecule has 0 aliphatic carbocycles. The molecular formula is C16H17F3N4O2. The number of benzene rings is 1. The van der Waals surface area contributed by atoms with E-state index in [0.29, 0.717) is 5.75 Å². The van der Waals surface area contributed by atoms with Crippen molar-refractivity contribution < 1.29 is 22.7 Å². The van der Waals surface area contributed by atoms with Gasteiger partial charge in [0.25, 0.3) is 0 Å². The Kier molecular flexibility index (Phi) is 4.32. The molecule has 2 amide bonds. The summed E-state index contributed by atoms with van der Waals surface area (Å²) in [5.41, 5.74) is -0.262. The predicted molar refractivity (Wildman–Crippen MR) is 82.9 cm³/mol. The smallest absolute Gasteiger partial charge is 0.435 e. The highest BCUT2D eigenvalue weighted by molar-refractivity contribution is 5.75. The Bertz CT molecular complexity index is 788. The largest absolute Gasteiger partial charge is 0.488 e. The lowest BCUT2D eigenvalue weighted by Gasteiger charge is -2.17. The average Bonchev–Trinajstić information content (AvgIpc) is 3.06. The van der Waals surface area contributed by atoms with Crippen LogP contribution in [0.5, 0.6) is 5.75 Å². The van der Waals surface area contributed by atoms with Gasteiger partial charge in [-0.05, 0) is 13.0 Å². The van der Waals surface area contributed by atoms with Crippen molar-refractivity contribution in [1.29, 1.82) is 0 Å². The number of aryl methyl sites for hydroxylation is 1. The summed E-state index contributed by atoms with van der Waals surface area (Å²) in [5.74, 6) is 0.687. The topological polar surface area (TPSA) is 68.2 Å². The highest BCUT2D eigenvalue weighted by Crippen LogP contribution is 2.36. The van der Waals surface area contributed by atoms with E-state index in [2.05, 4.69) is 15.7 Å². The summed E-state index contributed by atoms with van der Waals surface area (Å²) < 4.78 is 45.4. The predicted octanol–water partition coefficient (Wildman–Crippen LogP) is 2.76. The van der Waals surface area contributed by atoms with Crippen LogP contribution in [0.4, 0.5) is 18.0 Å². The Labute approximate surface area is 142 Å². The second-order valence-corrected chi connectivity index (χ2v) is 5.84. The van der Waals surface area contributed by atoms with Gasteiger partial charge < -0.3 is 15.4 Å². The molecule has 0 saturated heterocycles. The second kappa shape index (κ2) is 6.30. The number of amides is 2. The Morgan fingerprint density at radius 1 is 1.36 bits per heavy atom. The first kappa shape index (κ1) is 17.1. The standard InChI is InChI=1S/C16H17F3N4O2/c1-9-13(11-5-3-4-6-12(11)25-9)21-15(24)20-7-10-8-23(2)22-14(10)16(17,18)19/h3-6,8-9,13H,7H2,1-2H3,(H2,20,21,24). The zero-order chi connectivity index (χ0) is 18.2. The molecule has 0 saturated carbocycles. The number of carbonyl (C=O) groups excluding carboxylic acids is 1. The number of nitrogens with one attached hydrogen (secondary N) is 2. The minimum absolute atomic E-state index is 0.0960. The van der Waals surface area contributed by atoms with E-state index in [1.165, 1.54) is 13.2 Å². The molecule has 2 atom stereocenters. The SMILES string of the molecule is CC1Oc2ccccc2C1NC(=O)NCc1cn(C)nc1C(F)(F)F. The zero-order valence-corrected chi connectivity index (χ0v) is 13.6. The molecule has 0 bridgehead atoms. The number of hydrogen-bond acceptors (Lipinski definition) is 3. The van der Waals surface area contributed by atoms with Crippen molar-refractivity contribution in [3.8, 4) is 5.75 Å². The van der Waals surface area contributed by atoms with E-state index in [1.54, 1.807) is 6.07 Å². The summed E-state index contributed by atoms with van der Waals surface area (Å²) in [6, 6.07) is 6.36. The van der Waals surface area contributed by atoms with Crippen molar-refractivity contribution in [2.75, 3.05) is 0 Å². The molecule has 1 aliphatic rings. The highest BCUT2D eigenvalue weighted by atomic mass is 19.4. The number of alkyl halides is 3. The molecule has 0 spiro atoms. The number of aromatic nitrogens is 2. The fourth-order valence-electron chi connectivity index (χ4n) is 2.83. The maximum Gasteiger partial charge on any atom is 0.435 e. The van der Waals surface area contributed by atoms with Gasteiger partial charge in [-0.25, -0.2) is 4.79 Å². The van der Waals surface area contributed by atoms with Gasteiger partial charge in [-0.15, -0.1) is 0 Å². The minimum Gasteiger partial charge on any atom is -0.488 e. The number of carbonyl (C=O) groups is 1. The van der Waals surface area contributed by atoms with E-state index in [-0.39, 0.29) is 24.3 Å². The molecule has 6 nitrogen and oxygen atoms in total. The third-order valence-corrected chi connectivity index (χ3v) is 3.94. The normalized spacial score (nSPS) is 19.2. The molecule has 2 aromatic rings. The summed E-state index contributed by atoms with van der Waals surface area (Å²) in [4.78, 5) is 12.1. The van der Waals surface area contributed by atoms with Gasteiger partial charge in [0.05, 0.1) is 6.04 Å². The van der Waals surface area contributed by atoms with E-state index >= 15 is 0 Å². The van der Waals surface area contributed by atoms with Crippen LogP contribution in [0.1, 0.15) is 29.8 Å². The second-order valence-electron chi connectivity index (χ2n) is 5.84. The fourth-order valence-corrected chi connectivity index (χ4v) is 2.83. The van der Waals surface area contributed by atoms with E-state index in [4.69, 9.17) is 4.74 Å². The molecule has 1 aliphatic heterocycles. The number of urea groups is 1. The molecule has 1 aromatic heterocycles. The molecule has 25 heavy (non-hydrogen) atoms. The van der Waals surface area contributed by atoms with Gasteiger partial charge in [0.2, 0.25) is 0 Å². The molecule has 0 radical (unpaired) electrons. The van der Waals surface area contributed by atoms with E-state index < -0.39 is 17.9 Å². The molecule has 2 heterocycles. The van der Waals surface area contributed by atoms with Crippen LogP contribution in [0, 0.1) is 0 Å². The van der Waals surface area contributed by atoms with Gasteiger partial charge in [0.1, 0.15) is 11.9 Å². The van der Waals surface area contributed by atoms with Crippen LogP contribution in [-0.4, -0.2) is 21.9 Å². The lowest BCUT2D eigenvalue weighted by atomic mass is 10.1. The summed E-state index contributed by atoms with van der Waals surface area (Å²) in [6.07, 6.45) is -3.60. The maximum atomic E-state index is 12.9. The number of nitrogens with zero attached hydrogens (tertiary/aromatic N) is 2. The third kappa shape index (κ3) is 3.54. The molecule has 9 heteroatoms. The lowest BCUT2D eigenvalue weighted by Crippen LogP contribution is -2.40. The minimum atomic E-state index is -4.57. The van der Waals surface area contributed by atoms with Gasteiger partial charge in [0.15, 0.2) is 5.69 Å². The average molecular weight is 354 g/mol. The van der Waals surface area contributed by atoms with Crippen LogP contribution in [0.25, 0.3) is 0 Å². The lowest BCUT2D eigenvalue weighted by molar-refractivity contribution is -0.142. The Hall–Kier alpha value is -2.71. The number of fused-ring (bicyclic) bond motifs is 1. The van der Waals surface area contributed by atoms with Crippen molar-refractivity contribution in [1.82, 2.24) is 20.4 Å². The van der Waals surface area contributed by atoms with Gasteiger partial charge in [-0.2, -0.15) is 18.3 Å². The van der Waals surface area contributed by atoms with Crippen LogP contribution in [0.15, 0.2) is 30.5 Å². The van der Waals surface area contributed by atoms with Crippen molar-refractivity contribution in [3.63, 3.8) is 0 Å². The number of rotatable bonds is 3. The molecule has 2 unspecified atom stereocenters. The Morgan fingerprint density at radius 3 is 2.80 bits per heavy atom. The summed E-state index contributed by atoms with van der Waals surface area (Å²) >= 11 is 0. The van der Waals surface area contributed by atoms with Crippen LogP contribution in [0.2, 0.25) is 0 Å². The first-order chi connectivity index (χ1) is 11.8. The number of ether oxygens (including phenoxy) is 1. The third-order valence-electron chi connectivity index (χ3n) is 3.94. The molecule has 0 fully saturated rings. The summed E-state index contributed by atoms with van der Waals surface area (Å²) in [7, 11) is 1.40. The van der Waals surface area contributed by atoms with Crippen molar-refractivity contribution in [2.24, 2.45) is 7.05 Å². The van der Waals surface area contributed by atoms with E-state index in [1.807, 2.05) is 25.1 Å². The molecule has 2 N–H and O–H groups in total. The fraction of sp³-hybridized carbons (Fsp3) is 0.375. The van der Waals surface area contributed by atoms with Crippen molar-refractivity contribution in [2.45, 2.75) is 31.8 Å². The van der Waals surface area contributed by atoms with Crippen LogP contribution >= 0.6 is 0 Å². The van der Waals surface area contributed by atoms with Gasteiger partial charge in [-0.3, -0.25) is 4.68 Å². The molecule has 134 valence electrons. The Morgan fingerprint density at radius 2 is 2.08 bits per heavy atom. The first-order valence-corrected chi connectivity index (χ1v) is 7.65. The molecular weight excluding hydrogens is 337 g/mol. The summed E-state index contributed by atoms with van der Waals surface area (Å²) in [5, 5.41) is 8.59. The van der Waals surface area contributed by atoms with Gasteiger partial charge in [0, 0.05) is 30.9 Å². The quantitative estimate of drug-likeness (QED) is 0.891. The molecule has 3 rings (SSSR count).